The van der Waals surface area contributed by atoms with Gasteiger partial charge < -0.3 is 32.0 Å². The molecule has 2 aromatic rings. The van der Waals surface area contributed by atoms with Crippen LogP contribution in [0.2, 0.25) is 40.3 Å². The van der Waals surface area contributed by atoms with Crippen molar-refractivity contribution in [3.05, 3.63) is 71.8 Å². The maximum absolute atomic E-state index is 13.9. The van der Waals surface area contributed by atoms with Crippen molar-refractivity contribution in [3.8, 4) is 0 Å². The van der Waals surface area contributed by atoms with Gasteiger partial charge in [-0.1, -0.05) is 125 Å². The quantitative estimate of drug-likeness (QED) is 0.116. The summed E-state index contributed by atoms with van der Waals surface area (Å²) in [6.07, 6.45) is -4.75. The van der Waals surface area contributed by atoms with Crippen LogP contribution in [0.1, 0.15) is 98.5 Å². The van der Waals surface area contributed by atoms with Gasteiger partial charge in [-0.2, -0.15) is 5.48 Å². The number of carbonyl (C=O) groups is 2. The predicted octanol–water partition coefficient (Wildman–Crippen LogP) is 8.08. The molecule has 1 saturated carbocycles. The second kappa shape index (κ2) is 16.2. The highest BCUT2D eigenvalue weighted by molar-refractivity contribution is 6.84. The minimum atomic E-state index is -3.37. The van der Waals surface area contributed by atoms with E-state index in [0.717, 1.165) is 5.56 Å². The van der Waals surface area contributed by atoms with Gasteiger partial charge in [-0.05, 0) is 58.0 Å². The molecule has 0 spiro atoms. The Morgan fingerprint density at radius 2 is 1.36 bits per heavy atom. The van der Waals surface area contributed by atoms with E-state index in [2.05, 4.69) is 94.7 Å². The van der Waals surface area contributed by atoms with Crippen molar-refractivity contribution < 1.29 is 46.4 Å². The summed E-state index contributed by atoms with van der Waals surface area (Å²) < 4.78 is 42.4. The van der Waals surface area contributed by atoms with E-state index in [9.17, 15) is 14.7 Å². The van der Waals surface area contributed by atoms with Crippen molar-refractivity contribution in [1.29, 1.82) is 0 Å². The molecule has 2 saturated heterocycles. The van der Waals surface area contributed by atoms with Crippen LogP contribution in [0, 0.1) is 0 Å². The second-order valence-electron chi connectivity index (χ2n) is 18.5. The first-order chi connectivity index (χ1) is 25.6. The molecule has 2 aliphatic heterocycles. The van der Waals surface area contributed by atoms with Crippen molar-refractivity contribution in [3.63, 3.8) is 0 Å². The third kappa shape index (κ3) is 8.10. The highest BCUT2D eigenvalue weighted by atomic mass is 28.5. The van der Waals surface area contributed by atoms with Gasteiger partial charge in [-0.15, -0.1) is 0 Å². The molecule has 0 unspecified atom stereocenters. The Hall–Kier alpha value is -2.25. The summed E-state index contributed by atoms with van der Waals surface area (Å²) in [5.74, 6) is -1.11. The maximum atomic E-state index is 13.9. The van der Waals surface area contributed by atoms with Gasteiger partial charge in [0.1, 0.15) is 30.5 Å². The molecule has 5 rings (SSSR count). The van der Waals surface area contributed by atoms with Gasteiger partial charge in [0.2, 0.25) is 0 Å². The van der Waals surface area contributed by atoms with Crippen LogP contribution < -0.4 is 5.48 Å². The van der Waals surface area contributed by atoms with E-state index in [4.69, 9.17) is 31.7 Å². The minimum absolute atomic E-state index is 0.0526. The largest absolute Gasteiger partial charge is 0.459 e. The number of ether oxygens (including phenoxy) is 2. The van der Waals surface area contributed by atoms with Gasteiger partial charge in [0.15, 0.2) is 20.0 Å². The SMILES string of the molecule is CC(C)[Si]1(C(C)C)O[C@@H]2[C@H](O[Si](C(C)C)(C(C)C)O1)[C@](O)(COC(=O)c1ccccc1)[C@H](O[Si](C)(C)C(C)(C)C)[C@@H]1OC(=O)C[C@]21NOCc1ccccc1. The number of carbonyl (C=O) groups excluding carboxylic acids is 2. The Bertz CT molecular complexity index is 1620. The molecule has 2 aromatic carbocycles. The maximum Gasteiger partial charge on any atom is 0.338 e. The summed E-state index contributed by atoms with van der Waals surface area (Å²) in [6, 6.07) is 18.4. The van der Waals surface area contributed by atoms with Crippen LogP contribution in [-0.2, 0) is 43.1 Å². The fraction of sp³-hybridized carbons (Fsp3) is 0.659. The molecule has 0 amide bonds. The van der Waals surface area contributed by atoms with Crippen LogP contribution in [-0.4, -0.2) is 84.6 Å². The molecule has 306 valence electrons. The van der Waals surface area contributed by atoms with Crippen LogP contribution in [0.15, 0.2) is 60.7 Å². The van der Waals surface area contributed by atoms with Crippen LogP contribution in [0.5, 0.6) is 0 Å². The molecular weight excluding hydrogens is 751 g/mol. The molecule has 1 aliphatic carbocycles. The molecule has 2 heterocycles. The third-order valence-corrected chi connectivity index (χ3v) is 27.1. The van der Waals surface area contributed by atoms with Crippen LogP contribution >= 0.6 is 0 Å². The lowest BCUT2D eigenvalue weighted by molar-refractivity contribution is -0.267. The lowest BCUT2D eigenvalue weighted by atomic mass is 9.66. The Balaban J connectivity index is 1.78. The number of hydroxylamine groups is 1. The van der Waals surface area contributed by atoms with E-state index < -0.39 is 79.5 Å². The van der Waals surface area contributed by atoms with E-state index in [-0.39, 0.29) is 40.2 Å². The van der Waals surface area contributed by atoms with E-state index >= 15 is 0 Å². The monoisotopic (exact) mass is 815 g/mol. The van der Waals surface area contributed by atoms with E-state index in [1.54, 1.807) is 24.3 Å². The van der Waals surface area contributed by atoms with E-state index in [1.807, 2.05) is 36.4 Å². The normalized spacial score (nSPS) is 29.2. The highest BCUT2D eigenvalue weighted by Gasteiger charge is 2.77. The van der Waals surface area contributed by atoms with Crippen LogP contribution in [0.4, 0.5) is 0 Å². The summed E-state index contributed by atoms with van der Waals surface area (Å²) in [4.78, 5) is 34.0. The number of esters is 2. The highest BCUT2D eigenvalue weighted by Crippen LogP contribution is 2.56. The second-order valence-corrected chi connectivity index (χ2v) is 32.0. The summed E-state index contributed by atoms with van der Waals surface area (Å²) >= 11 is 0. The summed E-state index contributed by atoms with van der Waals surface area (Å²) in [7, 11) is -9.48. The van der Waals surface area contributed by atoms with Crippen LogP contribution in [0.3, 0.4) is 0 Å². The summed E-state index contributed by atoms with van der Waals surface area (Å²) in [6.45, 7) is 27.0. The number of hydrogen-bond acceptors (Lipinski definition) is 11. The predicted molar refractivity (Wildman–Crippen MR) is 218 cm³/mol. The van der Waals surface area contributed by atoms with Gasteiger partial charge in [-0.3, -0.25) is 9.63 Å². The number of fused-ring (bicyclic) bond motifs is 3. The molecule has 0 aromatic heterocycles. The first-order valence-electron chi connectivity index (χ1n) is 19.9. The zero-order chi connectivity index (χ0) is 40.8. The molecule has 6 atom stereocenters. The van der Waals surface area contributed by atoms with Crippen molar-refractivity contribution in [2.75, 3.05) is 6.61 Å². The van der Waals surface area contributed by atoms with Gasteiger partial charge in [0, 0.05) is 0 Å². The molecule has 2 N–H and O–H groups in total. The van der Waals surface area contributed by atoms with Crippen molar-refractivity contribution in [2.24, 2.45) is 0 Å². The van der Waals surface area contributed by atoms with Crippen molar-refractivity contribution in [2.45, 2.75) is 165 Å². The number of aliphatic hydroxyl groups is 1. The number of rotatable bonds is 13. The molecular formula is C41H65NO10Si3. The first kappa shape index (κ1) is 43.9. The first-order valence-corrected chi connectivity index (χ1v) is 26.7. The average Bonchev–Trinajstić information content (AvgIpc) is 3.33. The molecule has 0 radical (unpaired) electrons. The number of benzene rings is 2. The molecule has 0 bridgehead atoms. The Morgan fingerprint density at radius 1 is 0.855 bits per heavy atom. The minimum Gasteiger partial charge on any atom is -0.459 e. The topological polar surface area (TPSA) is 131 Å². The molecule has 3 aliphatic rings. The third-order valence-electron chi connectivity index (χ3n) is 12.4. The summed E-state index contributed by atoms with van der Waals surface area (Å²) in [5, 5.41) is 13.4. The number of hydrogen-bond donors (Lipinski definition) is 2. The van der Waals surface area contributed by atoms with Gasteiger partial charge >= 0.3 is 29.1 Å². The average molecular weight is 816 g/mol. The zero-order valence-corrected chi connectivity index (χ0v) is 38.1. The lowest BCUT2D eigenvalue weighted by Crippen LogP contribution is -2.82. The molecule has 3 fully saturated rings. The Labute approximate surface area is 331 Å². The fourth-order valence-corrected chi connectivity index (χ4v) is 20.9. The molecule has 55 heavy (non-hydrogen) atoms. The van der Waals surface area contributed by atoms with Crippen molar-refractivity contribution >= 4 is 37.4 Å². The fourth-order valence-electron chi connectivity index (χ4n) is 8.19. The number of nitrogens with one attached hydrogen (secondary N) is 1. The van der Waals surface area contributed by atoms with E-state index in [0.29, 0.717) is 5.56 Å². The standard InChI is InChI=1S/C41H65NO10Si3/c1-27(2)54(28(3)4)50-35-37(51-55(52-54,29(5)6)30(7)8)41(45,26-46-38(44)32-22-18-15-19-23-32)36(49-53(12,13)39(9,10)11)34-40(35,24-33(43)48-34)42-47-25-31-20-16-14-17-21-31/h14-23,27-30,34-37,42,45H,24-26H2,1-13H3/t34-,35+,36+,37-,40+,41-/m0/s1. The van der Waals surface area contributed by atoms with Gasteiger partial charge in [0.25, 0.3) is 0 Å². The zero-order valence-electron chi connectivity index (χ0n) is 35.1. The van der Waals surface area contributed by atoms with Crippen molar-refractivity contribution in [1.82, 2.24) is 5.48 Å². The Kier molecular flexibility index (Phi) is 12.9. The van der Waals surface area contributed by atoms with E-state index in [1.165, 1.54) is 0 Å². The Morgan fingerprint density at radius 3 is 1.87 bits per heavy atom. The van der Waals surface area contributed by atoms with Gasteiger partial charge in [-0.25, -0.2) is 4.79 Å². The molecule has 14 heteroatoms. The smallest absolute Gasteiger partial charge is 0.338 e. The van der Waals surface area contributed by atoms with Gasteiger partial charge in [0.05, 0.1) is 18.6 Å². The molecule has 11 nitrogen and oxygen atoms in total. The lowest BCUT2D eigenvalue weighted by Gasteiger charge is -2.59. The summed E-state index contributed by atoms with van der Waals surface area (Å²) in [5.41, 5.74) is 0.851. The van der Waals surface area contributed by atoms with Crippen LogP contribution in [0.25, 0.3) is 0 Å².